The quantitative estimate of drug-likeness (QED) is 0.745. The van der Waals surface area contributed by atoms with E-state index in [1.165, 1.54) is 19.3 Å². The van der Waals surface area contributed by atoms with Gasteiger partial charge in [-0.25, -0.2) is 0 Å². The maximum atomic E-state index is 5.96. The summed E-state index contributed by atoms with van der Waals surface area (Å²) in [4.78, 5) is 0. The van der Waals surface area contributed by atoms with Gasteiger partial charge in [-0.3, -0.25) is 0 Å². The largest absolute Gasteiger partial charge is 0.397 e. The Hall–Kier alpha value is -1.18. The maximum Gasteiger partial charge on any atom is 0.0576 e. The highest BCUT2D eigenvalue weighted by atomic mass is 14.9. The Morgan fingerprint density at radius 2 is 1.94 bits per heavy atom. The molecule has 0 saturated heterocycles. The van der Waals surface area contributed by atoms with Crippen LogP contribution in [0.3, 0.4) is 0 Å². The molecule has 88 valence electrons. The van der Waals surface area contributed by atoms with E-state index in [1.54, 1.807) is 0 Å². The Morgan fingerprint density at radius 3 is 2.69 bits per heavy atom. The van der Waals surface area contributed by atoms with Gasteiger partial charge in [-0.2, -0.15) is 0 Å². The fourth-order valence-electron chi connectivity index (χ4n) is 2.61. The summed E-state index contributed by atoms with van der Waals surface area (Å²) in [5, 5.41) is 3.60. The molecule has 0 radical (unpaired) electrons. The SMILES string of the molecule is CC1CCCC(Nc2ccccc2N)C1C. The molecule has 0 spiro atoms. The summed E-state index contributed by atoms with van der Waals surface area (Å²) in [5.41, 5.74) is 7.90. The van der Waals surface area contributed by atoms with Gasteiger partial charge in [-0.15, -0.1) is 0 Å². The van der Waals surface area contributed by atoms with E-state index >= 15 is 0 Å². The summed E-state index contributed by atoms with van der Waals surface area (Å²) in [6.07, 6.45) is 3.96. The molecule has 1 aliphatic carbocycles. The lowest BCUT2D eigenvalue weighted by molar-refractivity contribution is 0.253. The lowest BCUT2D eigenvalue weighted by Gasteiger charge is -2.35. The maximum absolute atomic E-state index is 5.96. The van der Waals surface area contributed by atoms with Crippen LogP contribution in [-0.2, 0) is 0 Å². The molecule has 3 atom stereocenters. The number of nitrogens with one attached hydrogen (secondary N) is 1. The number of hydrogen-bond acceptors (Lipinski definition) is 2. The molecule has 1 aromatic rings. The van der Waals surface area contributed by atoms with Gasteiger partial charge in [0.25, 0.3) is 0 Å². The van der Waals surface area contributed by atoms with Gasteiger partial charge >= 0.3 is 0 Å². The highest BCUT2D eigenvalue weighted by molar-refractivity contribution is 5.66. The zero-order valence-corrected chi connectivity index (χ0v) is 10.2. The predicted octanol–water partition coefficient (Wildman–Crippen LogP) is 3.51. The van der Waals surface area contributed by atoms with Crippen molar-refractivity contribution in [1.82, 2.24) is 0 Å². The molecule has 1 aliphatic rings. The molecule has 2 heteroatoms. The van der Waals surface area contributed by atoms with Crippen LogP contribution >= 0.6 is 0 Å². The van der Waals surface area contributed by atoms with Crippen molar-refractivity contribution in [1.29, 1.82) is 0 Å². The molecule has 0 aliphatic heterocycles. The minimum absolute atomic E-state index is 0.577. The molecule has 3 N–H and O–H groups in total. The predicted molar refractivity (Wildman–Crippen MR) is 70.4 cm³/mol. The minimum Gasteiger partial charge on any atom is -0.397 e. The Morgan fingerprint density at radius 1 is 1.19 bits per heavy atom. The van der Waals surface area contributed by atoms with Crippen molar-refractivity contribution in [2.45, 2.75) is 39.2 Å². The van der Waals surface area contributed by atoms with Crippen LogP contribution in [0.15, 0.2) is 24.3 Å². The van der Waals surface area contributed by atoms with Crippen LogP contribution in [-0.4, -0.2) is 6.04 Å². The van der Waals surface area contributed by atoms with E-state index < -0.39 is 0 Å². The molecule has 0 bridgehead atoms. The number of benzene rings is 1. The summed E-state index contributed by atoms with van der Waals surface area (Å²) < 4.78 is 0. The second-order valence-electron chi connectivity index (χ2n) is 5.11. The molecule has 1 aromatic carbocycles. The second kappa shape index (κ2) is 4.77. The molecule has 0 amide bonds. The van der Waals surface area contributed by atoms with Gasteiger partial charge in [0.05, 0.1) is 11.4 Å². The van der Waals surface area contributed by atoms with Gasteiger partial charge < -0.3 is 11.1 Å². The number of anilines is 2. The van der Waals surface area contributed by atoms with Crippen molar-refractivity contribution >= 4 is 11.4 Å². The molecule has 0 heterocycles. The second-order valence-corrected chi connectivity index (χ2v) is 5.11. The number of nitrogen functional groups attached to an aromatic ring is 1. The van der Waals surface area contributed by atoms with Crippen LogP contribution in [0.4, 0.5) is 11.4 Å². The van der Waals surface area contributed by atoms with E-state index in [-0.39, 0.29) is 0 Å². The van der Waals surface area contributed by atoms with E-state index in [4.69, 9.17) is 5.73 Å². The molecule has 1 fully saturated rings. The monoisotopic (exact) mass is 218 g/mol. The van der Waals surface area contributed by atoms with Crippen molar-refractivity contribution in [3.05, 3.63) is 24.3 Å². The first-order valence-electron chi connectivity index (χ1n) is 6.29. The Labute approximate surface area is 98.2 Å². The van der Waals surface area contributed by atoms with Crippen LogP contribution in [0.1, 0.15) is 33.1 Å². The smallest absolute Gasteiger partial charge is 0.0576 e. The van der Waals surface area contributed by atoms with Gasteiger partial charge in [-0.1, -0.05) is 38.8 Å². The average molecular weight is 218 g/mol. The van der Waals surface area contributed by atoms with Crippen LogP contribution in [0.2, 0.25) is 0 Å². The number of para-hydroxylation sites is 2. The molecule has 0 aromatic heterocycles. The van der Waals surface area contributed by atoms with Gasteiger partial charge in [0, 0.05) is 6.04 Å². The van der Waals surface area contributed by atoms with E-state index in [0.29, 0.717) is 6.04 Å². The van der Waals surface area contributed by atoms with E-state index in [2.05, 4.69) is 25.2 Å². The summed E-state index contributed by atoms with van der Waals surface area (Å²) >= 11 is 0. The molecule has 3 unspecified atom stereocenters. The van der Waals surface area contributed by atoms with Crippen molar-refractivity contribution in [3.63, 3.8) is 0 Å². The van der Waals surface area contributed by atoms with Gasteiger partial charge in [0.2, 0.25) is 0 Å². The van der Waals surface area contributed by atoms with Crippen LogP contribution in [0.5, 0.6) is 0 Å². The Bertz CT molecular complexity index is 348. The third-order valence-corrected chi connectivity index (χ3v) is 4.01. The molecule has 2 rings (SSSR count). The first kappa shape index (κ1) is 11.3. The molecule has 2 nitrogen and oxygen atoms in total. The van der Waals surface area contributed by atoms with Crippen molar-refractivity contribution < 1.29 is 0 Å². The molecule has 16 heavy (non-hydrogen) atoms. The van der Waals surface area contributed by atoms with E-state index in [0.717, 1.165) is 23.2 Å². The van der Waals surface area contributed by atoms with Crippen molar-refractivity contribution in [2.24, 2.45) is 11.8 Å². The van der Waals surface area contributed by atoms with Crippen LogP contribution < -0.4 is 11.1 Å². The van der Waals surface area contributed by atoms with E-state index in [1.807, 2.05) is 18.2 Å². The molecule has 1 saturated carbocycles. The number of rotatable bonds is 2. The van der Waals surface area contributed by atoms with Gasteiger partial charge in [-0.05, 0) is 30.4 Å². The standard InChI is InChI=1S/C14H22N2/c1-10-6-5-9-13(11(10)2)16-14-8-4-3-7-12(14)15/h3-4,7-8,10-11,13,16H,5-6,9,15H2,1-2H3. The van der Waals surface area contributed by atoms with Crippen LogP contribution in [0.25, 0.3) is 0 Å². The highest BCUT2D eigenvalue weighted by Gasteiger charge is 2.26. The summed E-state index contributed by atoms with van der Waals surface area (Å²) in [7, 11) is 0. The van der Waals surface area contributed by atoms with Crippen LogP contribution in [0, 0.1) is 11.8 Å². The average Bonchev–Trinajstić information content (AvgIpc) is 2.28. The lowest BCUT2D eigenvalue weighted by Crippen LogP contribution is -2.35. The first-order chi connectivity index (χ1) is 7.68. The molecular weight excluding hydrogens is 196 g/mol. The zero-order valence-electron chi connectivity index (χ0n) is 10.2. The Balaban J connectivity index is 2.06. The third-order valence-electron chi connectivity index (χ3n) is 4.01. The molecular formula is C14H22N2. The van der Waals surface area contributed by atoms with Gasteiger partial charge in [0.1, 0.15) is 0 Å². The van der Waals surface area contributed by atoms with E-state index in [9.17, 15) is 0 Å². The Kier molecular flexibility index (Phi) is 3.37. The van der Waals surface area contributed by atoms with Crippen molar-refractivity contribution in [3.8, 4) is 0 Å². The van der Waals surface area contributed by atoms with Gasteiger partial charge in [0.15, 0.2) is 0 Å². The fraction of sp³-hybridized carbons (Fsp3) is 0.571. The fourth-order valence-corrected chi connectivity index (χ4v) is 2.61. The normalized spacial score (nSPS) is 30.0. The summed E-state index contributed by atoms with van der Waals surface area (Å²) in [6.45, 7) is 4.70. The lowest BCUT2D eigenvalue weighted by atomic mass is 9.78. The van der Waals surface area contributed by atoms with Crippen molar-refractivity contribution in [2.75, 3.05) is 11.1 Å². The topological polar surface area (TPSA) is 38.0 Å². The highest BCUT2D eigenvalue weighted by Crippen LogP contribution is 2.32. The summed E-state index contributed by atoms with van der Waals surface area (Å²) in [6, 6.07) is 8.62. The number of nitrogens with two attached hydrogens (primary N) is 1. The summed E-state index contributed by atoms with van der Waals surface area (Å²) in [5.74, 6) is 1.55. The first-order valence-corrected chi connectivity index (χ1v) is 6.29. The minimum atomic E-state index is 0.577. The number of hydrogen-bond donors (Lipinski definition) is 2. The zero-order chi connectivity index (χ0) is 11.5. The third kappa shape index (κ3) is 2.31.